The number of nitrogens with zero attached hydrogens (tertiary/aromatic N) is 2. The molecule has 13 nitrogen and oxygen atoms in total. The van der Waals surface area contributed by atoms with Gasteiger partial charge in [0.2, 0.25) is 15.9 Å². The van der Waals surface area contributed by atoms with E-state index in [-0.39, 0.29) is 36.8 Å². The fraction of sp³-hybridized carbons (Fsp3) is 0.458. The van der Waals surface area contributed by atoms with Crippen molar-refractivity contribution in [3.63, 3.8) is 0 Å². The molecule has 0 aliphatic rings. The molecule has 14 heteroatoms. The van der Waals surface area contributed by atoms with Crippen molar-refractivity contribution in [2.45, 2.75) is 36.8 Å². The molecule has 0 heterocycles. The zero-order chi connectivity index (χ0) is 28.5. The van der Waals surface area contributed by atoms with E-state index in [9.17, 15) is 23.1 Å². The number of ether oxygens (including phenoxy) is 3. The Bertz CT molecular complexity index is 1260. The minimum absolute atomic E-state index is 0.0188. The average Bonchev–Trinajstić information content (AvgIpc) is 2.87. The van der Waals surface area contributed by atoms with E-state index in [0.717, 1.165) is 4.90 Å². The summed E-state index contributed by atoms with van der Waals surface area (Å²) in [7, 11) is 0.178. The summed E-state index contributed by atoms with van der Waals surface area (Å²) in [6, 6.07) is 6.54. The topological polar surface area (TPSA) is 196 Å². The molecular formula is C24H35N5O8S. The van der Waals surface area contributed by atoms with Crippen molar-refractivity contribution in [1.82, 2.24) is 9.62 Å². The van der Waals surface area contributed by atoms with Gasteiger partial charge in [-0.05, 0) is 54.8 Å². The van der Waals surface area contributed by atoms with Crippen molar-refractivity contribution < 1.29 is 37.3 Å². The molecule has 1 amide bonds. The number of carbonyl (C=O) groups is 2. The third-order valence-corrected chi connectivity index (χ3v) is 7.15. The van der Waals surface area contributed by atoms with E-state index in [4.69, 9.17) is 25.7 Å². The van der Waals surface area contributed by atoms with Crippen LogP contribution in [0.5, 0.6) is 11.5 Å². The highest BCUT2D eigenvalue weighted by molar-refractivity contribution is 7.89. The molecule has 0 aliphatic carbocycles. The van der Waals surface area contributed by atoms with Gasteiger partial charge < -0.3 is 35.7 Å². The molecule has 210 valence electrons. The van der Waals surface area contributed by atoms with E-state index >= 15 is 0 Å². The molecule has 0 saturated heterocycles. The summed E-state index contributed by atoms with van der Waals surface area (Å²) in [6.45, 7) is 1.14. The molecule has 0 bridgehead atoms. The first-order chi connectivity index (χ1) is 17.9. The zero-order valence-corrected chi connectivity index (χ0v) is 22.7. The molecule has 0 saturated carbocycles. The van der Waals surface area contributed by atoms with Gasteiger partial charge in [-0.15, -0.1) is 0 Å². The van der Waals surface area contributed by atoms with E-state index in [0.29, 0.717) is 22.3 Å². The van der Waals surface area contributed by atoms with Gasteiger partial charge in [0.15, 0.2) is 17.5 Å². The number of carboxylic acid groups (broad SMARTS) is 1. The second-order valence-electron chi connectivity index (χ2n) is 8.50. The van der Waals surface area contributed by atoms with E-state index in [1.54, 1.807) is 25.1 Å². The Balaban J connectivity index is 2.42. The van der Waals surface area contributed by atoms with Gasteiger partial charge >= 0.3 is 5.97 Å². The molecule has 2 rings (SSSR count). The van der Waals surface area contributed by atoms with Crippen molar-refractivity contribution in [2.75, 3.05) is 41.0 Å². The number of carbonyl (C=O) groups excluding carboxylic acids is 1. The Kier molecular flexibility index (Phi) is 11.1. The molecule has 6 N–H and O–H groups in total. The number of carboxylic acids is 1. The number of amides is 1. The second-order valence-corrected chi connectivity index (χ2v) is 10.2. The summed E-state index contributed by atoms with van der Waals surface area (Å²) in [6.07, 6.45) is -0.207. The quantitative estimate of drug-likeness (QED) is 0.137. The van der Waals surface area contributed by atoms with Crippen LogP contribution in [0.3, 0.4) is 0 Å². The molecule has 0 radical (unpaired) electrons. The van der Waals surface area contributed by atoms with Crippen LogP contribution in [0.4, 0.5) is 0 Å². The van der Waals surface area contributed by atoms with Crippen LogP contribution in [0.1, 0.15) is 19.8 Å². The van der Waals surface area contributed by atoms with Crippen molar-refractivity contribution in [3.05, 3.63) is 30.3 Å². The average molecular weight is 554 g/mol. The predicted molar refractivity (Wildman–Crippen MR) is 142 cm³/mol. The number of nitrogens with two attached hydrogens (primary N) is 2. The fourth-order valence-electron chi connectivity index (χ4n) is 3.71. The number of guanidine groups is 1. The van der Waals surface area contributed by atoms with Crippen LogP contribution in [-0.2, 0) is 24.3 Å². The van der Waals surface area contributed by atoms with E-state index in [1.165, 1.54) is 33.5 Å². The third kappa shape index (κ3) is 8.46. The van der Waals surface area contributed by atoms with Crippen LogP contribution in [0.25, 0.3) is 10.8 Å². The largest absolute Gasteiger partial charge is 0.493 e. The Morgan fingerprint density at radius 1 is 1.08 bits per heavy atom. The van der Waals surface area contributed by atoms with Gasteiger partial charge in [0, 0.05) is 20.2 Å². The maximum atomic E-state index is 13.4. The smallest absolute Gasteiger partial charge is 0.323 e. The Hall–Kier alpha value is -3.62. The summed E-state index contributed by atoms with van der Waals surface area (Å²) in [5, 5.41) is 10.6. The summed E-state index contributed by atoms with van der Waals surface area (Å²) in [4.78, 5) is 29.7. The summed E-state index contributed by atoms with van der Waals surface area (Å²) in [5.74, 6) is -1.19. The Labute approximate surface area is 221 Å². The number of aliphatic carboxylic acids is 1. The van der Waals surface area contributed by atoms with Crippen molar-refractivity contribution >= 4 is 38.6 Å². The highest BCUT2D eigenvalue weighted by Gasteiger charge is 2.31. The number of sulfonamides is 1. The van der Waals surface area contributed by atoms with Gasteiger partial charge in [0.05, 0.1) is 25.2 Å². The predicted octanol–water partition coefficient (Wildman–Crippen LogP) is 0.506. The SMILES string of the molecule is COc1cc2ccc(S(=O)(=O)N[C@@H](CCCN=C(N)N)C(=O)N(CC(=O)O)CC(C)OC)cc2cc1OC. The van der Waals surface area contributed by atoms with Crippen LogP contribution in [0, 0.1) is 0 Å². The Morgan fingerprint density at radius 3 is 2.26 bits per heavy atom. The van der Waals surface area contributed by atoms with Gasteiger partial charge in [-0.25, -0.2) is 8.42 Å². The Morgan fingerprint density at radius 2 is 1.71 bits per heavy atom. The summed E-state index contributed by atoms with van der Waals surface area (Å²) in [5.41, 5.74) is 10.7. The van der Waals surface area contributed by atoms with Crippen LogP contribution < -0.4 is 25.7 Å². The summed E-state index contributed by atoms with van der Waals surface area (Å²) < 4.78 is 45.0. The standard InChI is InChI=1S/C24H35N5O8S/c1-15(35-2)13-29(14-22(30)31)23(32)19(6-5-9-27-24(25)26)28-38(33,34)18-8-7-16-11-20(36-3)21(37-4)12-17(16)10-18/h7-8,10-12,15,19,28H,5-6,9,13-14H2,1-4H3,(H,30,31)(H4,25,26,27)/t15?,19-/m0/s1. The number of rotatable bonds is 15. The van der Waals surface area contributed by atoms with Crippen LogP contribution in [0.15, 0.2) is 40.2 Å². The lowest BCUT2D eigenvalue weighted by molar-refractivity contribution is -0.146. The van der Waals surface area contributed by atoms with Gasteiger partial charge in [0.1, 0.15) is 12.6 Å². The molecule has 0 aliphatic heterocycles. The molecule has 1 unspecified atom stereocenters. The third-order valence-electron chi connectivity index (χ3n) is 5.68. The lowest BCUT2D eigenvalue weighted by Crippen LogP contribution is -2.51. The number of methoxy groups -OCH3 is 3. The van der Waals surface area contributed by atoms with Gasteiger partial charge in [-0.1, -0.05) is 6.07 Å². The lowest BCUT2D eigenvalue weighted by atomic mass is 10.1. The number of nitrogens with one attached hydrogen (secondary N) is 1. The molecular weight excluding hydrogens is 518 g/mol. The minimum Gasteiger partial charge on any atom is -0.493 e. The number of aliphatic imine (C=N–C) groups is 1. The number of fused-ring (bicyclic) bond motifs is 1. The molecule has 2 atom stereocenters. The zero-order valence-electron chi connectivity index (χ0n) is 21.8. The van der Waals surface area contributed by atoms with Crippen molar-refractivity contribution in [3.8, 4) is 11.5 Å². The normalized spacial score (nSPS) is 12.9. The number of hydrogen-bond donors (Lipinski definition) is 4. The second kappa shape index (κ2) is 13.8. The number of hydrogen-bond acceptors (Lipinski definition) is 8. The molecule has 0 aromatic heterocycles. The molecule has 2 aromatic rings. The van der Waals surface area contributed by atoms with Crippen LogP contribution in [-0.4, -0.2) is 89.4 Å². The van der Waals surface area contributed by atoms with Crippen LogP contribution >= 0.6 is 0 Å². The highest BCUT2D eigenvalue weighted by Crippen LogP contribution is 2.33. The first-order valence-corrected chi connectivity index (χ1v) is 13.2. The maximum absolute atomic E-state index is 13.4. The lowest BCUT2D eigenvalue weighted by Gasteiger charge is -2.28. The van der Waals surface area contributed by atoms with E-state index in [1.807, 2.05) is 0 Å². The van der Waals surface area contributed by atoms with Crippen molar-refractivity contribution in [2.24, 2.45) is 16.5 Å². The van der Waals surface area contributed by atoms with E-state index in [2.05, 4.69) is 9.71 Å². The van der Waals surface area contributed by atoms with Gasteiger partial charge in [-0.2, -0.15) is 4.72 Å². The first kappa shape index (κ1) is 30.6. The monoisotopic (exact) mass is 553 g/mol. The highest BCUT2D eigenvalue weighted by atomic mass is 32.2. The number of benzene rings is 2. The minimum atomic E-state index is -4.21. The molecule has 2 aromatic carbocycles. The summed E-state index contributed by atoms with van der Waals surface area (Å²) >= 11 is 0. The van der Waals surface area contributed by atoms with Crippen LogP contribution in [0.2, 0.25) is 0 Å². The molecule has 0 fully saturated rings. The first-order valence-electron chi connectivity index (χ1n) is 11.7. The molecule has 0 spiro atoms. The van der Waals surface area contributed by atoms with E-state index < -0.39 is 40.6 Å². The van der Waals surface area contributed by atoms with Gasteiger partial charge in [-0.3, -0.25) is 14.6 Å². The maximum Gasteiger partial charge on any atom is 0.323 e. The molecule has 38 heavy (non-hydrogen) atoms. The van der Waals surface area contributed by atoms with Crippen molar-refractivity contribution in [1.29, 1.82) is 0 Å². The van der Waals surface area contributed by atoms with Gasteiger partial charge in [0.25, 0.3) is 0 Å². The fourth-order valence-corrected chi connectivity index (χ4v) is 4.97.